The number of amides is 1. The van der Waals surface area contributed by atoms with Gasteiger partial charge in [-0.15, -0.1) is 5.10 Å². The van der Waals surface area contributed by atoms with Crippen molar-refractivity contribution in [2.24, 2.45) is 7.05 Å². The van der Waals surface area contributed by atoms with E-state index in [0.29, 0.717) is 41.3 Å². The number of carbonyl (C=O) groups is 1. The van der Waals surface area contributed by atoms with Crippen LogP contribution < -0.4 is 15.8 Å². The Balaban J connectivity index is 1.40. The molecule has 0 radical (unpaired) electrons. The minimum absolute atomic E-state index is 0.114. The summed E-state index contributed by atoms with van der Waals surface area (Å²) < 4.78 is 3.60. The average Bonchev–Trinajstić information content (AvgIpc) is 3.31. The van der Waals surface area contributed by atoms with Gasteiger partial charge in [-0.1, -0.05) is 0 Å². The van der Waals surface area contributed by atoms with Crippen molar-refractivity contribution in [3.63, 3.8) is 0 Å². The molecular formula is C26H26N8O3. The highest BCUT2D eigenvalue weighted by atomic mass is 16.3. The predicted octanol–water partition coefficient (Wildman–Crippen LogP) is 2.21. The number of carbonyl (C=O) groups excluding carboxylic acids is 1. The quantitative estimate of drug-likeness (QED) is 0.428. The summed E-state index contributed by atoms with van der Waals surface area (Å²) in [5, 5.41) is 21.0. The number of aliphatic hydroxyl groups is 1. The number of nitrogens with one attached hydrogen (secondary N) is 1. The van der Waals surface area contributed by atoms with E-state index >= 15 is 0 Å². The summed E-state index contributed by atoms with van der Waals surface area (Å²) in [5.74, 6) is 0.505. The van der Waals surface area contributed by atoms with Gasteiger partial charge in [-0.2, -0.15) is 5.10 Å². The summed E-state index contributed by atoms with van der Waals surface area (Å²) in [6, 6.07) is 5.47. The van der Waals surface area contributed by atoms with Crippen LogP contribution in [0.1, 0.15) is 40.2 Å². The third-order valence-corrected chi connectivity index (χ3v) is 7.09. The lowest BCUT2D eigenvalue weighted by Crippen LogP contribution is -2.41. The molecule has 0 bridgehead atoms. The van der Waals surface area contributed by atoms with Gasteiger partial charge in [0.15, 0.2) is 0 Å². The van der Waals surface area contributed by atoms with Crippen LogP contribution in [0.2, 0.25) is 0 Å². The smallest absolute Gasteiger partial charge is 0.276 e. The summed E-state index contributed by atoms with van der Waals surface area (Å²) in [5.41, 5.74) is 5.07. The number of aryl methyl sites for hydroxylation is 2. The Kier molecular flexibility index (Phi) is 5.76. The molecule has 1 aliphatic carbocycles. The molecule has 0 saturated heterocycles. The zero-order valence-electron chi connectivity index (χ0n) is 20.4. The molecule has 0 fully saturated rings. The van der Waals surface area contributed by atoms with Gasteiger partial charge in [-0.05, 0) is 55.0 Å². The number of anilines is 3. The Hall–Kier alpha value is -4.38. The summed E-state index contributed by atoms with van der Waals surface area (Å²) >= 11 is 0. The molecule has 11 heteroatoms. The molecule has 4 aromatic heterocycles. The number of aromatic nitrogens is 6. The van der Waals surface area contributed by atoms with Crippen LogP contribution in [-0.2, 0) is 33.0 Å². The summed E-state index contributed by atoms with van der Waals surface area (Å²) in [6.07, 6.45) is 10.5. The van der Waals surface area contributed by atoms with Gasteiger partial charge in [0.1, 0.15) is 17.2 Å². The van der Waals surface area contributed by atoms with Crippen LogP contribution >= 0.6 is 0 Å². The van der Waals surface area contributed by atoms with Gasteiger partial charge in [-0.25, -0.2) is 9.97 Å². The molecule has 37 heavy (non-hydrogen) atoms. The standard InChI is InChI=1S/C26H26N8O3/c1-32-14-17(12-20(24(32)36)30-26-28-8-9-29-31-26)18-6-7-27-23(19(18)15-35)34-11-10-33-21-5-3-2-4-16(21)13-22(33)25(34)37/h6-9,12-14,35H,2-5,10-11,15H2,1H3,(H,28,30,31). The first-order valence-electron chi connectivity index (χ1n) is 12.3. The van der Waals surface area contributed by atoms with E-state index in [9.17, 15) is 14.7 Å². The fourth-order valence-electron chi connectivity index (χ4n) is 5.35. The van der Waals surface area contributed by atoms with Crippen molar-refractivity contribution in [1.29, 1.82) is 0 Å². The van der Waals surface area contributed by atoms with E-state index in [1.54, 1.807) is 36.5 Å². The lowest BCUT2D eigenvalue weighted by Gasteiger charge is -2.30. The lowest BCUT2D eigenvalue weighted by atomic mass is 9.98. The van der Waals surface area contributed by atoms with E-state index in [4.69, 9.17) is 0 Å². The van der Waals surface area contributed by atoms with Crippen molar-refractivity contribution < 1.29 is 9.90 Å². The van der Waals surface area contributed by atoms with Crippen LogP contribution in [0.5, 0.6) is 0 Å². The highest BCUT2D eigenvalue weighted by Gasteiger charge is 2.32. The highest BCUT2D eigenvalue weighted by molar-refractivity contribution is 6.06. The maximum Gasteiger partial charge on any atom is 0.276 e. The maximum atomic E-state index is 13.6. The molecular weight excluding hydrogens is 472 g/mol. The largest absolute Gasteiger partial charge is 0.392 e. The first-order valence-corrected chi connectivity index (χ1v) is 12.3. The predicted molar refractivity (Wildman–Crippen MR) is 137 cm³/mol. The lowest BCUT2D eigenvalue weighted by molar-refractivity contribution is 0.0963. The van der Waals surface area contributed by atoms with E-state index in [-0.39, 0.29) is 29.7 Å². The Morgan fingerprint density at radius 1 is 1.05 bits per heavy atom. The molecule has 6 rings (SSSR count). The van der Waals surface area contributed by atoms with E-state index in [1.165, 1.54) is 28.2 Å². The molecule has 1 amide bonds. The first-order chi connectivity index (χ1) is 18.0. The van der Waals surface area contributed by atoms with Gasteiger partial charge in [0, 0.05) is 49.4 Å². The normalized spacial score (nSPS) is 14.9. The molecule has 1 aliphatic heterocycles. The van der Waals surface area contributed by atoms with E-state index < -0.39 is 0 Å². The minimum Gasteiger partial charge on any atom is -0.392 e. The Morgan fingerprint density at radius 3 is 2.73 bits per heavy atom. The Labute approximate surface area is 212 Å². The number of fused-ring (bicyclic) bond motifs is 3. The zero-order chi connectivity index (χ0) is 25.5. The van der Waals surface area contributed by atoms with Crippen LogP contribution in [0.4, 0.5) is 17.5 Å². The molecule has 0 atom stereocenters. The minimum atomic E-state index is -0.322. The molecule has 2 N–H and O–H groups in total. The van der Waals surface area contributed by atoms with Crippen LogP contribution in [0.3, 0.4) is 0 Å². The van der Waals surface area contributed by atoms with Crippen molar-refractivity contribution >= 4 is 23.4 Å². The van der Waals surface area contributed by atoms with Crippen molar-refractivity contribution in [1.82, 2.24) is 29.3 Å². The van der Waals surface area contributed by atoms with Gasteiger partial charge >= 0.3 is 0 Å². The van der Waals surface area contributed by atoms with Crippen LogP contribution in [0.15, 0.2) is 47.8 Å². The molecule has 0 saturated carbocycles. The third-order valence-electron chi connectivity index (χ3n) is 7.09. The summed E-state index contributed by atoms with van der Waals surface area (Å²) in [6.45, 7) is 0.832. The van der Waals surface area contributed by atoms with Gasteiger partial charge in [0.25, 0.3) is 11.5 Å². The van der Waals surface area contributed by atoms with E-state index in [1.807, 2.05) is 6.07 Å². The Bertz CT molecular complexity index is 1560. The number of aliphatic hydroxyl groups excluding tert-OH is 1. The first kappa shape index (κ1) is 23.0. The summed E-state index contributed by atoms with van der Waals surface area (Å²) in [7, 11) is 1.64. The fraction of sp³-hybridized carbons (Fsp3) is 0.308. The number of nitrogens with zero attached hydrogens (tertiary/aromatic N) is 7. The summed E-state index contributed by atoms with van der Waals surface area (Å²) in [4.78, 5) is 36.6. The second-order valence-corrected chi connectivity index (χ2v) is 9.29. The van der Waals surface area contributed by atoms with Gasteiger partial charge in [0.05, 0.1) is 19.0 Å². The number of hydrogen-bond donors (Lipinski definition) is 2. The van der Waals surface area contributed by atoms with Crippen molar-refractivity contribution in [3.8, 4) is 11.1 Å². The van der Waals surface area contributed by atoms with Crippen LogP contribution in [0, 0.1) is 0 Å². The highest BCUT2D eigenvalue weighted by Crippen LogP contribution is 2.34. The number of hydrogen-bond acceptors (Lipinski definition) is 8. The number of rotatable bonds is 5. The topological polar surface area (TPSA) is 131 Å². The number of pyridine rings is 2. The molecule has 11 nitrogen and oxygen atoms in total. The molecule has 0 aromatic carbocycles. The van der Waals surface area contributed by atoms with Gasteiger partial charge in [-0.3, -0.25) is 14.5 Å². The monoisotopic (exact) mass is 498 g/mol. The Morgan fingerprint density at radius 2 is 1.92 bits per heavy atom. The average molecular weight is 499 g/mol. The molecule has 4 aromatic rings. The van der Waals surface area contributed by atoms with Crippen LogP contribution in [0.25, 0.3) is 11.1 Å². The van der Waals surface area contributed by atoms with Crippen molar-refractivity contribution in [2.45, 2.75) is 38.8 Å². The third kappa shape index (κ3) is 3.97. The van der Waals surface area contributed by atoms with Crippen LogP contribution in [-0.4, -0.2) is 46.9 Å². The molecule has 0 spiro atoms. The van der Waals surface area contributed by atoms with Gasteiger partial charge < -0.3 is 19.6 Å². The SMILES string of the molecule is Cn1cc(-c2ccnc(N3CCn4c(cc5c4CCCC5)C3=O)c2CO)cc(Nc2nccnn2)c1=O. The zero-order valence-corrected chi connectivity index (χ0v) is 20.4. The fourth-order valence-corrected chi connectivity index (χ4v) is 5.35. The molecule has 2 aliphatic rings. The van der Waals surface area contributed by atoms with Crippen molar-refractivity contribution in [3.05, 3.63) is 75.9 Å². The molecule has 188 valence electrons. The van der Waals surface area contributed by atoms with Gasteiger partial charge in [0.2, 0.25) is 5.95 Å². The molecule has 0 unspecified atom stereocenters. The molecule has 5 heterocycles. The second kappa shape index (κ2) is 9.25. The van der Waals surface area contributed by atoms with Crippen molar-refractivity contribution in [2.75, 3.05) is 16.8 Å². The van der Waals surface area contributed by atoms with E-state index in [0.717, 1.165) is 25.7 Å². The second-order valence-electron chi connectivity index (χ2n) is 9.29. The maximum absolute atomic E-state index is 13.6. The van der Waals surface area contributed by atoms with E-state index in [2.05, 4.69) is 30.0 Å².